The van der Waals surface area contributed by atoms with Gasteiger partial charge in [0.15, 0.2) is 0 Å². The zero-order chi connectivity index (χ0) is 13.1. The number of halogens is 1. The fourth-order valence-electron chi connectivity index (χ4n) is 1.68. The van der Waals surface area contributed by atoms with Crippen LogP contribution in [-0.4, -0.2) is 11.1 Å². The van der Waals surface area contributed by atoms with Gasteiger partial charge in [0.05, 0.1) is 0 Å². The van der Waals surface area contributed by atoms with E-state index >= 15 is 0 Å². The lowest BCUT2D eigenvalue weighted by Gasteiger charge is -2.09. The molecule has 0 aliphatic carbocycles. The third kappa shape index (κ3) is 2.91. The van der Waals surface area contributed by atoms with Gasteiger partial charge >= 0.3 is 5.97 Å². The molecule has 1 aromatic heterocycles. The van der Waals surface area contributed by atoms with Gasteiger partial charge in [-0.15, -0.1) is 11.3 Å². The highest BCUT2D eigenvalue weighted by Gasteiger charge is 2.11. The Morgan fingerprint density at radius 2 is 2.22 bits per heavy atom. The standard InChI is InChI=1S/C13H12BrNO2S/c1-8-6-10(14)2-3-11(8)15-7-9-4-5-18-12(9)13(16)17/h2-6,15H,7H2,1H3,(H,16,17). The zero-order valence-electron chi connectivity index (χ0n) is 9.74. The molecule has 0 atom stereocenters. The summed E-state index contributed by atoms with van der Waals surface area (Å²) in [6, 6.07) is 7.80. The average Bonchev–Trinajstić information content (AvgIpc) is 2.76. The maximum absolute atomic E-state index is 11.0. The van der Waals surface area contributed by atoms with E-state index in [9.17, 15) is 4.79 Å². The Hall–Kier alpha value is -1.33. The van der Waals surface area contributed by atoms with Crippen molar-refractivity contribution in [2.45, 2.75) is 13.5 Å². The van der Waals surface area contributed by atoms with Gasteiger partial charge in [0.1, 0.15) is 4.88 Å². The topological polar surface area (TPSA) is 49.3 Å². The van der Waals surface area contributed by atoms with Crippen molar-refractivity contribution >= 4 is 38.9 Å². The van der Waals surface area contributed by atoms with E-state index in [1.165, 1.54) is 11.3 Å². The molecule has 0 aliphatic heterocycles. The van der Waals surface area contributed by atoms with Gasteiger partial charge in [-0.3, -0.25) is 0 Å². The molecule has 0 radical (unpaired) electrons. The molecule has 2 N–H and O–H groups in total. The number of carboxylic acid groups (broad SMARTS) is 1. The van der Waals surface area contributed by atoms with Gasteiger partial charge in [-0.2, -0.15) is 0 Å². The predicted molar refractivity (Wildman–Crippen MR) is 77.5 cm³/mol. The first-order valence-corrected chi connectivity index (χ1v) is 7.05. The Balaban J connectivity index is 2.11. The van der Waals surface area contributed by atoms with E-state index in [0.717, 1.165) is 21.3 Å². The van der Waals surface area contributed by atoms with Crippen molar-refractivity contribution in [2.24, 2.45) is 0 Å². The molecule has 0 spiro atoms. The molecule has 0 saturated carbocycles. The number of anilines is 1. The number of hydrogen-bond acceptors (Lipinski definition) is 3. The molecule has 0 fully saturated rings. The molecule has 0 amide bonds. The van der Waals surface area contributed by atoms with Gasteiger partial charge in [-0.25, -0.2) is 4.79 Å². The minimum absolute atomic E-state index is 0.400. The maximum atomic E-state index is 11.0. The van der Waals surface area contributed by atoms with Crippen LogP contribution in [0.15, 0.2) is 34.1 Å². The van der Waals surface area contributed by atoms with E-state index in [-0.39, 0.29) is 0 Å². The molecular formula is C13H12BrNO2S. The van der Waals surface area contributed by atoms with Gasteiger partial charge in [-0.1, -0.05) is 15.9 Å². The number of aryl methyl sites for hydroxylation is 1. The first-order chi connectivity index (χ1) is 8.58. The second-order valence-corrected chi connectivity index (χ2v) is 5.72. The Kier molecular flexibility index (Phi) is 4.04. The van der Waals surface area contributed by atoms with Gasteiger partial charge < -0.3 is 10.4 Å². The smallest absolute Gasteiger partial charge is 0.346 e. The summed E-state index contributed by atoms with van der Waals surface area (Å²) >= 11 is 4.67. The van der Waals surface area contributed by atoms with Gasteiger partial charge in [-0.05, 0) is 47.7 Å². The first-order valence-electron chi connectivity index (χ1n) is 5.37. The minimum Gasteiger partial charge on any atom is -0.477 e. The fourth-order valence-corrected chi connectivity index (χ4v) is 2.91. The summed E-state index contributed by atoms with van der Waals surface area (Å²) in [6.07, 6.45) is 0. The van der Waals surface area contributed by atoms with E-state index in [1.807, 2.05) is 31.2 Å². The molecule has 3 nitrogen and oxygen atoms in total. The maximum Gasteiger partial charge on any atom is 0.346 e. The second kappa shape index (κ2) is 5.54. The summed E-state index contributed by atoms with van der Waals surface area (Å²) in [5.41, 5.74) is 2.95. The number of carbonyl (C=O) groups is 1. The molecule has 1 heterocycles. The van der Waals surface area contributed by atoms with Crippen LogP contribution in [0.2, 0.25) is 0 Å². The molecule has 0 bridgehead atoms. The van der Waals surface area contributed by atoms with Crippen LogP contribution in [-0.2, 0) is 6.54 Å². The highest BCUT2D eigenvalue weighted by Crippen LogP contribution is 2.22. The van der Waals surface area contributed by atoms with Crippen molar-refractivity contribution in [2.75, 3.05) is 5.32 Å². The molecular weight excluding hydrogens is 314 g/mol. The van der Waals surface area contributed by atoms with Gasteiger partial charge in [0.25, 0.3) is 0 Å². The van der Waals surface area contributed by atoms with Crippen LogP contribution < -0.4 is 5.32 Å². The summed E-state index contributed by atoms with van der Waals surface area (Å²) in [6.45, 7) is 2.53. The SMILES string of the molecule is Cc1cc(Br)ccc1NCc1ccsc1C(=O)O. The van der Waals surface area contributed by atoms with Crippen LogP contribution >= 0.6 is 27.3 Å². The number of aromatic carboxylic acids is 1. The van der Waals surface area contributed by atoms with Crippen LogP contribution in [0.4, 0.5) is 5.69 Å². The van der Waals surface area contributed by atoms with E-state index < -0.39 is 5.97 Å². The molecule has 18 heavy (non-hydrogen) atoms. The molecule has 0 unspecified atom stereocenters. The lowest BCUT2D eigenvalue weighted by Crippen LogP contribution is -2.04. The Morgan fingerprint density at radius 1 is 1.44 bits per heavy atom. The largest absolute Gasteiger partial charge is 0.477 e. The van der Waals surface area contributed by atoms with E-state index in [4.69, 9.17) is 5.11 Å². The Morgan fingerprint density at radius 3 is 2.89 bits per heavy atom. The molecule has 0 aliphatic rings. The Labute approximate surface area is 118 Å². The first kappa shape index (κ1) is 13.1. The zero-order valence-corrected chi connectivity index (χ0v) is 12.1. The average molecular weight is 326 g/mol. The van der Waals surface area contributed by atoms with Crippen LogP contribution in [0.3, 0.4) is 0 Å². The third-order valence-electron chi connectivity index (χ3n) is 2.60. The van der Waals surface area contributed by atoms with Crippen molar-refractivity contribution in [1.82, 2.24) is 0 Å². The number of nitrogens with one attached hydrogen (secondary N) is 1. The van der Waals surface area contributed by atoms with Crippen LogP contribution in [0.5, 0.6) is 0 Å². The molecule has 94 valence electrons. The highest BCUT2D eigenvalue weighted by atomic mass is 79.9. The summed E-state index contributed by atoms with van der Waals surface area (Å²) in [7, 11) is 0. The number of carboxylic acids is 1. The number of thiophene rings is 1. The lowest BCUT2D eigenvalue weighted by atomic mass is 10.2. The molecule has 2 aromatic rings. The van der Waals surface area contributed by atoms with Crippen LogP contribution in [0.1, 0.15) is 20.8 Å². The minimum atomic E-state index is -0.866. The fraction of sp³-hybridized carbons (Fsp3) is 0.154. The van der Waals surface area contributed by atoms with Crippen molar-refractivity contribution < 1.29 is 9.90 Å². The molecule has 0 saturated heterocycles. The number of rotatable bonds is 4. The van der Waals surface area contributed by atoms with Crippen molar-refractivity contribution in [1.29, 1.82) is 0 Å². The summed E-state index contributed by atoms with van der Waals surface area (Å²) < 4.78 is 1.03. The predicted octanol–water partition coefficient (Wildman–Crippen LogP) is 4.13. The monoisotopic (exact) mass is 325 g/mol. The van der Waals surface area contributed by atoms with Crippen LogP contribution in [0, 0.1) is 6.92 Å². The number of benzene rings is 1. The summed E-state index contributed by atoms with van der Waals surface area (Å²) in [5, 5.41) is 14.1. The van der Waals surface area contributed by atoms with E-state index in [2.05, 4.69) is 21.2 Å². The van der Waals surface area contributed by atoms with E-state index in [0.29, 0.717) is 11.4 Å². The van der Waals surface area contributed by atoms with E-state index in [1.54, 1.807) is 5.38 Å². The van der Waals surface area contributed by atoms with Crippen LogP contribution in [0.25, 0.3) is 0 Å². The summed E-state index contributed by atoms with van der Waals surface area (Å²) in [4.78, 5) is 11.4. The van der Waals surface area contributed by atoms with Crippen molar-refractivity contribution in [3.8, 4) is 0 Å². The highest BCUT2D eigenvalue weighted by molar-refractivity contribution is 9.10. The lowest BCUT2D eigenvalue weighted by molar-refractivity contribution is 0.0701. The molecule has 1 aromatic carbocycles. The third-order valence-corrected chi connectivity index (χ3v) is 4.04. The second-order valence-electron chi connectivity index (χ2n) is 3.89. The van der Waals surface area contributed by atoms with Gasteiger partial charge in [0.2, 0.25) is 0 Å². The molecule has 2 rings (SSSR count). The van der Waals surface area contributed by atoms with Crippen molar-refractivity contribution in [3.05, 3.63) is 50.1 Å². The summed E-state index contributed by atoms with van der Waals surface area (Å²) in [5.74, 6) is -0.866. The van der Waals surface area contributed by atoms with Gasteiger partial charge in [0, 0.05) is 16.7 Å². The quantitative estimate of drug-likeness (QED) is 0.888. The normalized spacial score (nSPS) is 10.3. The number of hydrogen-bond donors (Lipinski definition) is 2. The molecule has 5 heteroatoms. The Bertz CT molecular complexity index is 580. The van der Waals surface area contributed by atoms with Crippen molar-refractivity contribution in [3.63, 3.8) is 0 Å².